The van der Waals surface area contributed by atoms with Crippen LogP contribution in [0.3, 0.4) is 0 Å². The van der Waals surface area contributed by atoms with Crippen molar-refractivity contribution >= 4 is 28.5 Å². The van der Waals surface area contributed by atoms with Crippen molar-refractivity contribution in [3.63, 3.8) is 0 Å². The van der Waals surface area contributed by atoms with E-state index >= 15 is 0 Å². The number of ether oxygens (including phenoxy) is 1. The number of benzene rings is 3. The topological polar surface area (TPSA) is 47.4 Å². The van der Waals surface area contributed by atoms with Gasteiger partial charge in [-0.3, -0.25) is 4.79 Å². The predicted molar refractivity (Wildman–Crippen MR) is 140 cm³/mol. The monoisotopic (exact) mass is 487 g/mol. The first-order chi connectivity index (χ1) is 17.0. The molecule has 1 aliphatic heterocycles. The Balaban J connectivity index is 1.30. The molecule has 0 N–H and O–H groups in total. The number of likely N-dealkylation sites (tertiary alicyclic amines) is 1. The molecule has 1 atom stereocenters. The van der Waals surface area contributed by atoms with Crippen LogP contribution in [0.4, 0.5) is 0 Å². The van der Waals surface area contributed by atoms with Crippen molar-refractivity contribution in [3.05, 3.63) is 94.3 Å². The quantitative estimate of drug-likeness (QED) is 0.274. The maximum atomic E-state index is 12.8. The largest absolute Gasteiger partial charge is 0.494 e. The second kappa shape index (κ2) is 10.1. The smallest absolute Gasteiger partial charge is 0.223 e. The van der Waals surface area contributed by atoms with Crippen molar-refractivity contribution in [2.45, 2.75) is 45.7 Å². The van der Waals surface area contributed by atoms with Crippen LogP contribution in [0.25, 0.3) is 11.0 Å². The summed E-state index contributed by atoms with van der Waals surface area (Å²) in [6.07, 6.45) is 1.33. The van der Waals surface area contributed by atoms with Gasteiger partial charge in [-0.2, -0.15) is 0 Å². The highest BCUT2D eigenvalue weighted by Crippen LogP contribution is 2.32. The second-order valence-corrected chi connectivity index (χ2v) is 9.72. The van der Waals surface area contributed by atoms with Crippen LogP contribution in [-0.4, -0.2) is 33.5 Å². The maximum absolute atomic E-state index is 12.8. The zero-order valence-electron chi connectivity index (χ0n) is 20.2. The molecule has 6 heteroatoms. The molecule has 3 aromatic carbocycles. The van der Waals surface area contributed by atoms with Crippen molar-refractivity contribution in [2.24, 2.45) is 0 Å². The minimum atomic E-state index is 0.0843. The number of hydrogen-bond acceptors (Lipinski definition) is 3. The van der Waals surface area contributed by atoms with Gasteiger partial charge in [-0.15, -0.1) is 0 Å². The van der Waals surface area contributed by atoms with Gasteiger partial charge in [0.05, 0.1) is 17.6 Å². The van der Waals surface area contributed by atoms with Crippen molar-refractivity contribution < 1.29 is 9.53 Å². The number of fused-ring (bicyclic) bond motifs is 1. The lowest BCUT2D eigenvalue weighted by atomic mass is 10.1. The lowest BCUT2D eigenvalue weighted by Gasteiger charge is -2.17. The lowest BCUT2D eigenvalue weighted by molar-refractivity contribution is -0.128. The molecule has 0 saturated carbocycles. The summed E-state index contributed by atoms with van der Waals surface area (Å²) in [7, 11) is 0. The molecule has 5 nitrogen and oxygen atoms in total. The van der Waals surface area contributed by atoms with E-state index in [0.717, 1.165) is 57.3 Å². The second-order valence-electron chi connectivity index (χ2n) is 9.34. The van der Waals surface area contributed by atoms with Gasteiger partial charge in [-0.25, -0.2) is 4.98 Å². The average Bonchev–Trinajstić information content (AvgIpc) is 3.41. The molecule has 1 aliphatic rings. The lowest BCUT2D eigenvalue weighted by Crippen LogP contribution is -2.24. The van der Waals surface area contributed by atoms with Crippen molar-refractivity contribution in [3.8, 4) is 5.75 Å². The number of hydrogen-bond donors (Lipinski definition) is 0. The van der Waals surface area contributed by atoms with Gasteiger partial charge in [-0.05, 0) is 61.2 Å². The predicted octanol–water partition coefficient (Wildman–Crippen LogP) is 6.29. The number of imidazole rings is 1. The Morgan fingerprint density at radius 1 is 1.03 bits per heavy atom. The summed E-state index contributed by atoms with van der Waals surface area (Å²) in [5, 5.41) is 0.791. The van der Waals surface area contributed by atoms with Crippen LogP contribution in [0.15, 0.2) is 66.7 Å². The Morgan fingerprint density at radius 2 is 1.74 bits per heavy atom. The number of amides is 1. The number of carbonyl (C=O) groups excluding carboxylic acids is 1. The summed E-state index contributed by atoms with van der Waals surface area (Å²) in [5.74, 6) is 2.11. The van der Waals surface area contributed by atoms with Gasteiger partial charge >= 0.3 is 0 Å². The first-order valence-electron chi connectivity index (χ1n) is 12.2. The number of aryl methyl sites for hydroxylation is 3. The van der Waals surface area contributed by atoms with Gasteiger partial charge in [0.15, 0.2) is 0 Å². The molecule has 4 aromatic rings. The Morgan fingerprint density at radius 3 is 2.51 bits per heavy atom. The normalized spacial score (nSPS) is 15.8. The van der Waals surface area contributed by atoms with Crippen molar-refractivity contribution in [1.82, 2.24) is 14.5 Å². The first-order valence-corrected chi connectivity index (χ1v) is 12.5. The standard InChI is InChI=1S/C29H30ClN3O2/c1-20-15-24(16-21(2)28(20)30)35-14-8-13-33-26-12-7-6-11-25(26)31-29(33)23-17-27(34)32(19-23)18-22-9-4-3-5-10-22/h3-7,9-12,15-16,23H,8,13-14,17-19H2,1-2H3. The van der Waals surface area contributed by atoms with E-state index in [4.69, 9.17) is 21.3 Å². The van der Waals surface area contributed by atoms with Crippen LogP contribution in [0.1, 0.15) is 41.3 Å². The summed E-state index contributed by atoms with van der Waals surface area (Å²) in [4.78, 5) is 19.8. The fourth-order valence-electron chi connectivity index (χ4n) is 4.94. The van der Waals surface area contributed by atoms with Gasteiger partial charge in [-0.1, -0.05) is 54.1 Å². The average molecular weight is 488 g/mol. The highest BCUT2D eigenvalue weighted by molar-refractivity contribution is 6.32. The van der Waals surface area contributed by atoms with E-state index in [1.807, 2.05) is 67.3 Å². The summed E-state index contributed by atoms with van der Waals surface area (Å²) in [5.41, 5.74) is 5.28. The molecule has 0 bridgehead atoms. The Bertz CT molecular complexity index is 1330. The number of aromatic nitrogens is 2. The minimum absolute atomic E-state index is 0.0843. The van der Waals surface area contributed by atoms with Crippen LogP contribution in [0.2, 0.25) is 5.02 Å². The molecule has 1 saturated heterocycles. The van der Waals surface area contributed by atoms with E-state index in [1.165, 1.54) is 0 Å². The van der Waals surface area contributed by atoms with Gasteiger partial charge in [0, 0.05) is 37.0 Å². The Hall–Kier alpha value is -3.31. The molecule has 35 heavy (non-hydrogen) atoms. The number of halogens is 1. The van der Waals surface area contributed by atoms with Gasteiger partial charge in [0.2, 0.25) is 5.91 Å². The van der Waals surface area contributed by atoms with E-state index < -0.39 is 0 Å². The highest BCUT2D eigenvalue weighted by atomic mass is 35.5. The zero-order chi connectivity index (χ0) is 24.4. The third kappa shape index (κ3) is 5.06. The number of rotatable bonds is 8. The van der Waals surface area contributed by atoms with Crippen molar-refractivity contribution in [1.29, 1.82) is 0 Å². The molecule has 2 heterocycles. The van der Waals surface area contributed by atoms with Gasteiger partial charge < -0.3 is 14.2 Å². The van der Waals surface area contributed by atoms with E-state index in [0.29, 0.717) is 26.1 Å². The molecule has 180 valence electrons. The fraction of sp³-hybridized carbons (Fsp3) is 0.310. The summed E-state index contributed by atoms with van der Waals surface area (Å²) in [6, 6.07) is 22.3. The van der Waals surface area contributed by atoms with E-state index in [1.54, 1.807) is 0 Å². The van der Waals surface area contributed by atoms with Crippen LogP contribution in [0.5, 0.6) is 5.75 Å². The molecule has 5 rings (SSSR count). The van der Waals surface area contributed by atoms with E-state index in [2.05, 4.69) is 22.8 Å². The van der Waals surface area contributed by atoms with E-state index in [9.17, 15) is 4.79 Å². The molecule has 0 spiro atoms. The van der Waals surface area contributed by atoms with Crippen LogP contribution >= 0.6 is 11.6 Å². The summed E-state index contributed by atoms with van der Waals surface area (Å²) in [6.45, 7) is 6.70. The van der Waals surface area contributed by atoms with Crippen LogP contribution in [0, 0.1) is 13.8 Å². The molecular weight excluding hydrogens is 458 g/mol. The van der Waals surface area contributed by atoms with Gasteiger partial charge in [0.1, 0.15) is 11.6 Å². The fourth-order valence-corrected chi connectivity index (χ4v) is 5.05. The van der Waals surface area contributed by atoms with Gasteiger partial charge in [0.25, 0.3) is 0 Å². The third-order valence-electron chi connectivity index (χ3n) is 6.68. The molecular formula is C29H30ClN3O2. The molecule has 0 aliphatic carbocycles. The summed E-state index contributed by atoms with van der Waals surface area (Å²) >= 11 is 6.29. The summed E-state index contributed by atoms with van der Waals surface area (Å²) < 4.78 is 8.32. The highest BCUT2D eigenvalue weighted by Gasteiger charge is 2.33. The molecule has 1 unspecified atom stereocenters. The number of nitrogens with zero attached hydrogens (tertiary/aromatic N) is 3. The SMILES string of the molecule is Cc1cc(OCCCn2c(C3CC(=O)N(Cc4ccccc4)C3)nc3ccccc32)cc(C)c1Cl. The number of para-hydroxylation sites is 2. The van der Waals surface area contributed by atoms with Crippen LogP contribution in [-0.2, 0) is 17.9 Å². The maximum Gasteiger partial charge on any atom is 0.223 e. The first kappa shape index (κ1) is 23.4. The molecule has 1 aromatic heterocycles. The third-order valence-corrected chi connectivity index (χ3v) is 7.28. The molecule has 1 amide bonds. The number of carbonyl (C=O) groups is 1. The molecule has 1 fully saturated rings. The minimum Gasteiger partial charge on any atom is -0.494 e. The van der Waals surface area contributed by atoms with Crippen LogP contribution < -0.4 is 4.74 Å². The van der Waals surface area contributed by atoms with E-state index in [-0.39, 0.29) is 11.8 Å². The van der Waals surface area contributed by atoms with Crippen molar-refractivity contribution in [2.75, 3.05) is 13.2 Å². The Kier molecular flexibility index (Phi) is 6.78. The Labute approximate surface area is 211 Å². The molecule has 0 radical (unpaired) electrons. The zero-order valence-corrected chi connectivity index (χ0v) is 21.0.